The maximum absolute atomic E-state index is 12.6. The van der Waals surface area contributed by atoms with Gasteiger partial charge in [0.25, 0.3) is 0 Å². The van der Waals surface area contributed by atoms with Crippen molar-refractivity contribution in [2.75, 3.05) is 0 Å². The van der Waals surface area contributed by atoms with Gasteiger partial charge < -0.3 is 15.6 Å². The van der Waals surface area contributed by atoms with Gasteiger partial charge in [-0.15, -0.1) is 0 Å². The summed E-state index contributed by atoms with van der Waals surface area (Å²) in [6.45, 7) is 0. The molecular weight excluding hydrogens is 270 g/mol. The highest BCUT2D eigenvalue weighted by Gasteiger charge is 2.43. The first-order chi connectivity index (χ1) is 8.72. The fourth-order valence-electron chi connectivity index (χ4n) is 1.24. The lowest BCUT2D eigenvalue weighted by molar-refractivity contribution is -0.253. The Balaban J connectivity index is 2.69. The molecule has 0 aromatic heterocycles. The summed E-state index contributed by atoms with van der Waals surface area (Å²) in [7, 11) is 0. The molecule has 106 valence electrons. The monoisotopic (exact) mass is 281 g/mol. The maximum atomic E-state index is 12.6. The first-order valence-corrected chi connectivity index (χ1v) is 5.14. The lowest BCUT2D eigenvalue weighted by atomic mass is 10.1. The van der Waals surface area contributed by atoms with Crippen LogP contribution >= 0.6 is 0 Å². The van der Waals surface area contributed by atoms with Crippen LogP contribution < -0.4 is 10.5 Å². The van der Waals surface area contributed by atoms with Crippen molar-refractivity contribution in [3.05, 3.63) is 29.8 Å². The summed E-state index contributed by atoms with van der Waals surface area (Å²) in [6.07, 6.45) is -8.52. The lowest BCUT2D eigenvalue weighted by Gasteiger charge is -2.17. The predicted octanol–water partition coefficient (Wildman–Crippen LogP) is 1.88. The summed E-state index contributed by atoms with van der Waals surface area (Å²) >= 11 is 0. The van der Waals surface area contributed by atoms with E-state index in [9.17, 15) is 22.4 Å². The Labute approximate surface area is 105 Å². The van der Waals surface area contributed by atoms with E-state index in [0.29, 0.717) is 5.56 Å². The molecular formula is C11H11F4NO3. The number of carboxylic acids is 1. The Morgan fingerprint density at radius 3 is 2.26 bits per heavy atom. The summed E-state index contributed by atoms with van der Waals surface area (Å²) in [4.78, 5) is 10.5. The third kappa shape index (κ3) is 4.40. The predicted molar refractivity (Wildman–Crippen MR) is 57.3 cm³/mol. The molecule has 1 aromatic rings. The minimum atomic E-state index is -4.57. The SMILES string of the molecule is NC(Cc1ccc(OC(F)(F)C(F)F)cc1)C(=O)O. The second-order valence-corrected chi connectivity index (χ2v) is 3.76. The standard InChI is InChI=1S/C11H11F4NO3/c12-10(13)11(14,15)19-7-3-1-6(2-4-7)5-8(16)9(17)18/h1-4,8,10H,5,16H2,(H,17,18). The zero-order valence-electron chi connectivity index (χ0n) is 9.52. The number of benzene rings is 1. The van der Waals surface area contributed by atoms with Gasteiger partial charge in [0, 0.05) is 0 Å². The average Bonchev–Trinajstić information content (AvgIpc) is 2.30. The molecule has 0 heterocycles. The van der Waals surface area contributed by atoms with Crippen molar-refractivity contribution in [3.8, 4) is 5.75 Å². The highest BCUT2D eigenvalue weighted by molar-refractivity contribution is 5.73. The van der Waals surface area contributed by atoms with Gasteiger partial charge in [-0.3, -0.25) is 4.79 Å². The quantitative estimate of drug-likeness (QED) is 0.781. The molecule has 0 radical (unpaired) electrons. The van der Waals surface area contributed by atoms with Gasteiger partial charge >= 0.3 is 18.5 Å². The van der Waals surface area contributed by atoms with Crippen molar-refractivity contribution in [3.63, 3.8) is 0 Å². The second-order valence-electron chi connectivity index (χ2n) is 3.76. The highest BCUT2D eigenvalue weighted by Crippen LogP contribution is 2.27. The van der Waals surface area contributed by atoms with E-state index >= 15 is 0 Å². The van der Waals surface area contributed by atoms with Gasteiger partial charge in [-0.05, 0) is 24.1 Å². The number of hydrogen-bond acceptors (Lipinski definition) is 3. The Hall–Kier alpha value is -1.83. The van der Waals surface area contributed by atoms with Gasteiger partial charge in [-0.1, -0.05) is 12.1 Å². The van der Waals surface area contributed by atoms with E-state index in [1.165, 1.54) is 12.1 Å². The van der Waals surface area contributed by atoms with Crippen LogP contribution in [0, 0.1) is 0 Å². The zero-order valence-corrected chi connectivity index (χ0v) is 9.52. The Bertz CT molecular complexity index is 436. The first kappa shape index (κ1) is 15.2. The molecule has 1 unspecified atom stereocenters. The number of hydrogen-bond donors (Lipinski definition) is 2. The van der Waals surface area contributed by atoms with E-state index in [2.05, 4.69) is 4.74 Å². The maximum Gasteiger partial charge on any atom is 0.461 e. The average molecular weight is 281 g/mol. The van der Waals surface area contributed by atoms with E-state index in [1.807, 2.05) is 0 Å². The van der Waals surface area contributed by atoms with Crippen molar-refractivity contribution in [2.24, 2.45) is 5.73 Å². The number of carbonyl (C=O) groups is 1. The fraction of sp³-hybridized carbons (Fsp3) is 0.364. The van der Waals surface area contributed by atoms with E-state index in [0.717, 1.165) is 12.1 Å². The molecule has 8 heteroatoms. The summed E-state index contributed by atoms with van der Waals surface area (Å²) in [5.74, 6) is -1.65. The van der Waals surface area contributed by atoms with E-state index in [-0.39, 0.29) is 6.42 Å². The van der Waals surface area contributed by atoms with Crippen LogP contribution in [0.5, 0.6) is 5.75 Å². The molecule has 0 spiro atoms. The minimum absolute atomic E-state index is 0.0130. The van der Waals surface area contributed by atoms with Gasteiger partial charge in [0.2, 0.25) is 0 Å². The second kappa shape index (κ2) is 5.87. The molecule has 0 amide bonds. The van der Waals surface area contributed by atoms with Crippen molar-refractivity contribution in [2.45, 2.75) is 25.0 Å². The van der Waals surface area contributed by atoms with Gasteiger partial charge in [-0.2, -0.15) is 17.6 Å². The van der Waals surface area contributed by atoms with Crippen molar-refractivity contribution < 1.29 is 32.2 Å². The zero-order chi connectivity index (χ0) is 14.6. The summed E-state index contributed by atoms with van der Waals surface area (Å²) in [5.41, 5.74) is 5.74. The van der Waals surface area contributed by atoms with Crippen LogP contribution in [-0.4, -0.2) is 29.7 Å². The third-order valence-electron chi connectivity index (χ3n) is 2.20. The van der Waals surface area contributed by atoms with Crippen LogP contribution in [0.1, 0.15) is 5.56 Å². The molecule has 1 aromatic carbocycles. The van der Waals surface area contributed by atoms with Gasteiger partial charge in [0.1, 0.15) is 11.8 Å². The third-order valence-corrected chi connectivity index (χ3v) is 2.20. The number of aliphatic carboxylic acids is 1. The van der Waals surface area contributed by atoms with Gasteiger partial charge in [0.15, 0.2) is 0 Å². The van der Waals surface area contributed by atoms with Gasteiger partial charge in [-0.25, -0.2) is 0 Å². The van der Waals surface area contributed by atoms with Crippen LogP contribution in [0.3, 0.4) is 0 Å². The molecule has 4 nitrogen and oxygen atoms in total. The van der Waals surface area contributed by atoms with Crippen molar-refractivity contribution >= 4 is 5.97 Å². The van der Waals surface area contributed by atoms with Crippen molar-refractivity contribution in [1.82, 2.24) is 0 Å². The largest absolute Gasteiger partial charge is 0.480 e. The van der Waals surface area contributed by atoms with Crippen LogP contribution in [0.15, 0.2) is 24.3 Å². The smallest absolute Gasteiger partial charge is 0.461 e. The molecule has 0 fully saturated rings. The number of rotatable bonds is 6. The van der Waals surface area contributed by atoms with E-state index in [1.54, 1.807) is 0 Å². The van der Waals surface area contributed by atoms with Crippen LogP contribution in [0.2, 0.25) is 0 Å². The molecule has 0 bridgehead atoms. The molecule has 0 aliphatic carbocycles. The fourth-order valence-corrected chi connectivity index (χ4v) is 1.24. The van der Waals surface area contributed by atoms with Gasteiger partial charge in [0.05, 0.1) is 0 Å². The van der Waals surface area contributed by atoms with Crippen LogP contribution in [0.25, 0.3) is 0 Å². The molecule has 0 saturated carbocycles. The molecule has 0 aliphatic rings. The molecule has 1 rings (SSSR count). The lowest BCUT2D eigenvalue weighted by Crippen LogP contribution is -2.33. The minimum Gasteiger partial charge on any atom is -0.480 e. The molecule has 19 heavy (non-hydrogen) atoms. The Morgan fingerprint density at radius 2 is 1.84 bits per heavy atom. The van der Waals surface area contributed by atoms with Crippen LogP contribution in [-0.2, 0) is 11.2 Å². The molecule has 0 aliphatic heterocycles. The molecule has 0 saturated heterocycles. The summed E-state index contributed by atoms with van der Waals surface area (Å²) in [6, 6.07) is 3.51. The van der Waals surface area contributed by atoms with Crippen molar-refractivity contribution in [1.29, 1.82) is 0 Å². The number of ether oxygens (including phenoxy) is 1. The number of halogens is 4. The number of nitrogens with two attached hydrogens (primary N) is 1. The number of carboxylic acid groups (broad SMARTS) is 1. The van der Waals surface area contributed by atoms with E-state index < -0.39 is 30.3 Å². The Kier molecular flexibility index (Phi) is 4.71. The molecule has 3 N–H and O–H groups in total. The highest BCUT2D eigenvalue weighted by atomic mass is 19.3. The molecule has 1 atom stereocenters. The van der Waals surface area contributed by atoms with E-state index in [4.69, 9.17) is 10.8 Å². The first-order valence-electron chi connectivity index (χ1n) is 5.14. The normalized spacial score (nSPS) is 13.4. The Morgan fingerprint density at radius 1 is 1.32 bits per heavy atom. The topological polar surface area (TPSA) is 72.5 Å². The summed E-state index contributed by atoms with van der Waals surface area (Å²) < 4.78 is 52.8. The summed E-state index contributed by atoms with van der Waals surface area (Å²) in [5, 5.41) is 8.58. The van der Waals surface area contributed by atoms with Crippen LogP contribution in [0.4, 0.5) is 17.6 Å². The number of alkyl halides is 4.